The fraction of sp³-hybridized carbons (Fsp3) is 0.667. The van der Waals surface area contributed by atoms with Crippen LogP contribution in [0, 0.1) is 5.92 Å². The van der Waals surface area contributed by atoms with Crippen molar-refractivity contribution in [2.24, 2.45) is 10.9 Å². The Kier molecular flexibility index (Phi) is 8.10. The van der Waals surface area contributed by atoms with Crippen molar-refractivity contribution in [1.82, 2.24) is 15.1 Å². The molecule has 1 unspecified atom stereocenters. The maximum absolute atomic E-state index is 12.4. The van der Waals surface area contributed by atoms with Gasteiger partial charge in [-0.25, -0.2) is 4.79 Å². The number of nitrogens with zero attached hydrogens (tertiary/aromatic N) is 4. The van der Waals surface area contributed by atoms with Crippen LogP contribution in [0.15, 0.2) is 29.3 Å². The van der Waals surface area contributed by atoms with Crippen LogP contribution in [0.25, 0.3) is 0 Å². The Labute approximate surface area is 192 Å². The van der Waals surface area contributed by atoms with E-state index in [9.17, 15) is 9.90 Å². The van der Waals surface area contributed by atoms with Crippen LogP contribution in [0.2, 0.25) is 0 Å². The highest BCUT2D eigenvalue weighted by Crippen LogP contribution is 2.27. The van der Waals surface area contributed by atoms with Crippen LogP contribution < -0.4 is 10.2 Å². The van der Waals surface area contributed by atoms with Gasteiger partial charge < -0.3 is 29.9 Å². The van der Waals surface area contributed by atoms with Gasteiger partial charge in [-0.1, -0.05) is 12.1 Å². The van der Waals surface area contributed by atoms with E-state index in [2.05, 4.69) is 22.0 Å². The van der Waals surface area contributed by atoms with E-state index in [1.54, 1.807) is 6.07 Å². The van der Waals surface area contributed by atoms with Crippen LogP contribution in [0.4, 0.5) is 10.5 Å². The number of anilines is 1. The zero-order valence-corrected chi connectivity index (χ0v) is 20.0. The summed E-state index contributed by atoms with van der Waals surface area (Å²) in [5, 5.41) is 13.6. The molecule has 2 N–H and O–H groups in total. The Morgan fingerprint density at radius 3 is 2.53 bits per heavy atom. The average molecular weight is 446 g/mol. The van der Waals surface area contributed by atoms with E-state index in [-0.39, 0.29) is 6.09 Å². The minimum Gasteiger partial charge on any atom is -0.506 e. The number of nitrogens with one attached hydrogen (secondary N) is 1. The largest absolute Gasteiger partial charge is 0.506 e. The number of carbonyl (C=O) groups is 1. The molecule has 32 heavy (non-hydrogen) atoms. The third-order valence-corrected chi connectivity index (χ3v) is 5.81. The number of hydrogen-bond acceptors (Lipinski definition) is 5. The summed E-state index contributed by atoms with van der Waals surface area (Å²) in [7, 11) is 0. The number of ether oxygens (including phenoxy) is 1. The molecule has 0 radical (unpaired) electrons. The molecule has 8 heteroatoms. The number of rotatable bonds is 4. The number of aromatic hydroxyl groups is 1. The summed E-state index contributed by atoms with van der Waals surface area (Å²) in [6, 6.07) is 7.50. The second-order valence-corrected chi connectivity index (χ2v) is 9.59. The molecule has 2 heterocycles. The predicted molar refractivity (Wildman–Crippen MR) is 128 cm³/mol. The molecule has 2 fully saturated rings. The third kappa shape index (κ3) is 6.68. The van der Waals surface area contributed by atoms with Crippen molar-refractivity contribution < 1.29 is 14.6 Å². The number of benzene rings is 1. The van der Waals surface area contributed by atoms with Crippen molar-refractivity contribution in [2.75, 3.05) is 57.3 Å². The molecule has 1 aromatic rings. The third-order valence-electron chi connectivity index (χ3n) is 5.81. The van der Waals surface area contributed by atoms with Gasteiger partial charge in [0.05, 0.1) is 5.69 Å². The molecule has 2 aliphatic rings. The SMILES string of the molecule is CCNC(=NCC1CCCN(C(=O)OC(C)(C)C)C1)N1CCN(c2ccccc2O)CC1. The lowest BCUT2D eigenvalue weighted by molar-refractivity contribution is 0.0170. The maximum atomic E-state index is 12.4. The normalized spacial score (nSPS) is 20.3. The number of phenolic OH excluding ortho intramolecular Hbond substituents is 1. The second kappa shape index (κ2) is 10.8. The second-order valence-electron chi connectivity index (χ2n) is 9.59. The van der Waals surface area contributed by atoms with E-state index in [1.165, 1.54) is 0 Å². The molecule has 1 atom stereocenters. The van der Waals surface area contributed by atoms with Crippen molar-refractivity contribution in [3.63, 3.8) is 0 Å². The highest BCUT2D eigenvalue weighted by atomic mass is 16.6. The number of likely N-dealkylation sites (tertiary alicyclic amines) is 1. The molecular weight excluding hydrogens is 406 g/mol. The van der Waals surface area contributed by atoms with Crippen molar-refractivity contribution in [2.45, 2.75) is 46.1 Å². The van der Waals surface area contributed by atoms with E-state index in [4.69, 9.17) is 9.73 Å². The van der Waals surface area contributed by atoms with Crippen LogP contribution in [0.3, 0.4) is 0 Å². The number of piperidine rings is 1. The maximum Gasteiger partial charge on any atom is 0.410 e. The smallest absolute Gasteiger partial charge is 0.410 e. The van der Waals surface area contributed by atoms with Crippen LogP contribution in [-0.2, 0) is 4.74 Å². The zero-order chi connectivity index (χ0) is 23.1. The summed E-state index contributed by atoms with van der Waals surface area (Å²) < 4.78 is 5.55. The van der Waals surface area contributed by atoms with Crippen LogP contribution in [-0.4, -0.2) is 84.9 Å². The highest BCUT2D eigenvalue weighted by Gasteiger charge is 2.28. The number of piperazine rings is 1. The van der Waals surface area contributed by atoms with Crippen molar-refractivity contribution in [3.05, 3.63) is 24.3 Å². The van der Waals surface area contributed by atoms with E-state index in [0.29, 0.717) is 24.8 Å². The monoisotopic (exact) mass is 445 g/mol. The van der Waals surface area contributed by atoms with E-state index >= 15 is 0 Å². The van der Waals surface area contributed by atoms with Gasteiger partial charge in [0.25, 0.3) is 0 Å². The number of para-hydroxylation sites is 2. The van der Waals surface area contributed by atoms with Crippen LogP contribution in [0.1, 0.15) is 40.5 Å². The lowest BCUT2D eigenvalue weighted by Crippen LogP contribution is -2.52. The van der Waals surface area contributed by atoms with E-state index in [0.717, 1.165) is 63.8 Å². The minimum absolute atomic E-state index is 0.224. The van der Waals surface area contributed by atoms with Gasteiger partial charge in [-0.3, -0.25) is 4.99 Å². The quantitative estimate of drug-likeness (QED) is 0.548. The van der Waals surface area contributed by atoms with Crippen molar-refractivity contribution in [1.29, 1.82) is 0 Å². The van der Waals surface area contributed by atoms with Gasteiger partial charge in [-0.15, -0.1) is 0 Å². The molecule has 178 valence electrons. The number of phenols is 1. The lowest BCUT2D eigenvalue weighted by Gasteiger charge is -2.38. The average Bonchev–Trinajstić information content (AvgIpc) is 2.76. The van der Waals surface area contributed by atoms with Gasteiger partial charge >= 0.3 is 6.09 Å². The molecular formula is C24H39N5O3. The zero-order valence-electron chi connectivity index (χ0n) is 20.0. The van der Waals surface area contributed by atoms with Crippen LogP contribution >= 0.6 is 0 Å². The highest BCUT2D eigenvalue weighted by molar-refractivity contribution is 5.80. The Morgan fingerprint density at radius 2 is 1.88 bits per heavy atom. The molecule has 1 amide bonds. The van der Waals surface area contributed by atoms with Crippen LogP contribution in [0.5, 0.6) is 5.75 Å². The van der Waals surface area contributed by atoms with Gasteiger partial charge in [0.15, 0.2) is 5.96 Å². The van der Waals surface area contributed by atoms with Crippen molar-refractivity contribution >= 4 is 17.7 Å². The molecule has 0 aliphatic carbocycles. The summed E-state index contributed by atoms with van der Waals surface area (Å²) in [5.41, 5.74) is 0.414. The van der Waals surface area contributed by atoms with Gasteiger partial charge in [0.2, 0.25) is 0 Å². The molecule has 0 bridgehead atoms. The molecule has 0 aromatic heterocycles. The molecule has 8 nitrogen and oxygen atoms in total. The Hall–Kier alpha value is -2.64. The summed E-state index contributed by atoms with van der Waals surface area (Å²) in [5.74, 6) is 1.60. The number of hydrogen-bond donors (Lipinski definition) is 2. The first-order valence-electron chi connectivity index (χ1n) is 11.8. The lowest BCUT2D eigenvalue weighted by atomic mass is 9.98. The number of amides is 1. The Bertz CT molecular complexity index is 784. The van der Waals surface area contributed by atoms with Gasteiger partial charge in [0, 0.05) is 52.4 Å². The topological polar surface area (TPSA) is 80.6 Å². The van der Waals surface area contributed by atoms with Gasteiger partial charge in [0.1, 0.15) is 11.4 Å². The first-order valence-corrected chi connectivity index (χ1v) is 11.8. The summed E-state index contributed by atoms with van der Waals surface area (Å²) in [6.45, 7) is 14.1. The Morgan fingerprint density at radius 1 is 1.16 bits per heavy atom. The number of aliphatic imine (C=N–C) groups is 1. The van der Waals surface area contributed by atoms with Gasteiger partial charge in [-0.05, 0) is 58.6 Å². The molecule has 0 spiro atoms. The standard InChI is InChI=1S/C24H39N5O3/c1-5-25-22(28-15-13-27(14-16-28)20-10-6-7-11-21(20)30)26-17-19-9-8-12-29(18-19)23(31)32-24(2,3)4/h6-7,10-11,19,30H,5,8-9,12-18H2,1-4H3,(H,25,26). The predicted octanol–water partition coefficient (Wildman–Crippen LogP) is 3.13. The summed E-state index contributed by atoms with van der Waals surface area (Å²) in [4.78, 5) is 23.7. The summed E-state index contributed by atoms with van der Waals surface area (Å²) in [6.07, 6.45) is 1.83. The molecule has 3 rings (SSSR count). The van der Waals surface area contributed by atoms with Crippen molar-refractivity contribution in [3.8, 4) is 5.75 Å². The Balaban J connectivity index is 1.56. The number of carbonyl (C=O) groups excluding carboxylic acids is 1. The molecule has 0 saturated carbocycles. The van der Waals surface area contributed by atoms with E-state index in [1.807, 2.05) is 43.9 Å². The summed E-state index contributed by atoms with van der Waals surface area (Å²) >= 11 is 0. The fourth-order valence-electron chi connectivity index (χ4n) is 4.24. The fourth-order valence-corrected chi connectivity index (χ4v) is 4.24. The molecule has 1 aromatic carbocycles. The molecule has 2 saturated heterocycles. The minimum atomic E-state index is -0.473. The molecule has 2 aliphatic heterocycles. The van der Waals surface area contributed by atoms with E-state index < -0.39 is 5.60 Å². The first kappa shape index (κ1) is 24.0. The van der Waals surface area contributed by atoms with Gasteiger partial charge in [-0.2, -0.15) is 0 Å². The number of guanidine groups is 1. The first-order chi connectivity index (χ1) is 15.3.